The summed E-state index contributed by atoms with van der Waals surface area (Å²) in [6.45, 7) is 0.476. The summed E-state index contributed by atoms with van der Waals surface area (Å²) in [6, 6.07) is 0.946. The van der Waals surface area contributed by atoms with Gasteiger partial charge in [0.25, 0.3) is 0 Å². The van der Waals surface area contributed by atoms with E-state index in [1.165, 1.54) is 24.3 Å². The molecule has 0 saturated carbocycles. The summed E-state index contributed by atoms with van der Waals surface area (Å²) in [5.74, 6) is -4.85. The molecule has 0 fully saturated rings. The minimum Gasteiger partial charge on any atom is -0.508 e. The van der Waals surface area contributed by atoms with Crippen LogP contribution in [-0.2, 0) is 30.4 Å². The molecule has 16 nitrogen and oxygen atoms in total. The number of phenols is 1. The second-order valence-corrected chi connectivity index (χ2v) is 9.66. The van der Waals surface area contributed by atoms with E-state index in [0.29, 0.717) is 24.9 Å². The fourth-order valence-electron chi connectivity index (χ4n) is 3.84. The first-order valence-corrected chi connectivity index (χ1v) is 13.5. The second-order valence-electron chi connectivity index (χ2n) is 9.66. The number of carboxylic acid groups (broad SMARTS) is 2. The van der Waals surface area contributed by atoms with Gasteiger partial charge < -0.3 is 54.2 Å². The number of carboxylic acids is 2. The van der Waals surface area contributed by atoms with Crippen molar-refractivity contribution < 1.29 is 39.3 Å². The lowest BCUT2D eigenvalue weighted by Crippen LogP contribution is -2.57. The van der Waals surface area contributed by atoms with Gasteiger partial charge in [-0.2, -0.15) is 0 Å². The molecule has 0 spiro atoms. The molecule has 0 aliphatic heterocycles. The number of aromatic hydroxyl groups is 1. The van der Waals surface area contributed by atoms with Crippen LogP contribution in [0.3, 0.4) is 0 Å². The van der Waals surface area contributed by atoms with E-state index in [1.807, 2.05) is 0 Å². The lowest BCUT2D eigenvalue weighted by Gasteiger charge is -2.25. The van der Waals surface area contributed by atoms with Crippen LogP contribution in [0.2, 0.25) is 0 Å². The third-order valence-electron chi connectivity index (χ3n) is 6.15. The molecule has 4 atom stereocenters. The lowest BCUT2D eigenvalue weighted by molar-refractivity contribution is -0.142. The number of nitrogens with zero attached hydrogens (tertiary/aromatic N) is 1. The largest absolute Gasteiger partial charge is 0.508 e. The van der Waals surface area contributed by atoms with E-state index in [0.717, 1.165) is 0 Å². The molecule has 42 heavy (non-hydrogen) atoms. The lowest BCUT2D eigenvalue weighted by atomic mass is 10.0. The molecule has 0 aromatic heterocycles. The molecule has 0 radical (unpaired) electrons. The summed E-state index contributed by atoms with van der Waals surface area (Å²) < 4.78 is 0. The normalized spacial score (nSPS) is 13.6. The molecular formula is C26H42N8O8. The van der Waals surface area contributed by atoms with Gasteiger partial charge in [0.2, 0.25) is 17.7 Å². The van der Waals surface area contributed by atoms with Gasteiger partial charge in [0.1, 0.15) is 23.9 Å². The zero-order valence-electron chi connectivity index (χ0n) is 23.3. The van der Waals surface area contributed by atoms with Crippen LogP contribution in [0.15, 0.2) is 29.3 Å². The summed E-state index contributed by atoms with van der Waals surface area (Å²) in [5.41, 5.74) is 22.6. The van der Waals surface area contributed by atoms with Gasteiger partial charge in [-0.15, -0.1) is 0 Å². The zero-order chi connectivity index (χ0) is 31.7. The topological polar surface area (TPSA) is 299 Å². The molecular weight excluding hydrogens is 552 g/mol. The minimum absolute atomic E-state index is 0.000117. The predicted molar refractivity (Wildman–Crippen MR) is 153 cm³/mol. The highest BCUT2D eigenvalue weighted by atomic mass is 16.4. The molecule has 0 saturated heterocycles. The molecule has 0 unspecified atom stereocenters. The fourth-order valence-corrected chi connectivity index (χ4v) is 3.84. The van der Waals surface area contributed by atoms with E-state index in [4.69, 9.17) is 28.0 Å². The van der Waals surface area contributed by atoms with Crippen molar-refractivity contribution in [3.05, 3.63) is 29.8 Å². The number of nitrogens with two attached hydrogens (primary N) is 4. The summed E-state index contributed by atoms with van der Waals surface area (Å²) in [7, 11) is 0. The quantitative estimate of drug-likeness (QED) is 0.0439. The Labute approximate surface area is 243 Å². The van der Waals surface area contributed by atoms with E-state index in [2.05, 4.69) is 20.9 Å². The molecule has 1 aromatic rings. The van der Waals surface area contributed by atoms with Crippen molar-refractivity contribution in [1.82, 2.24) is 16.0 Å². The molecule has 3 amide bonds. The average molecular weight is 595 g/mol. The van der Waals surface area contributed by atoms with Crippen molar-refractivity contribution >= 4 is 35.6 Å². The highest BCUT2D eigenvalue weighted by molar-refractivity contribution is 5.94. The van der Waals surface area contributed by atoms with Crippen LogP contribution in [-0.4, -0.2) is 88.2 Å². The van der Waals surface area contributed by atoms with Crippen molar-refractivity contribution in [2.45, 2.75) is 75.5 Å². The Morgan fingerprint density at radius 1 is 0.786 bits per heavy atom. The zero-order valence-corrected chi connectivity index (χ0v) is 23.3. The van der Waals surface area contributed by atoms with E-state index >= 15 is 0 Å². The summed E-state index contributed by atoms with van der Waals surface area (Å²) in [5, 5.41) is 35.5. The summed E-state index contributed by atoms with van der Waals surface area (Å²) >= 11 is 0. The molecule has 14 N–H and O–H groups in total. The minimum atomic E-state index is -1.33. The monoisotopic (exact) mass is 594 g/mol. The van der Waals surface area contributed by atoms with Crippen LogP contribution >= 0.6 is 0 Å². The number of amides is 3. The number of carbonyl (C=O) groups is 5. The van der Waals surface area contributed by atoms with Crippen LogP contribution in [0.25, 0.3) is 0 Å². The number of carbonyl (C=O) groups excluding carboxylic acids is 3. The average Bonchev–Trinajstić information content (AvgIpc) is 2.93. The van der Waals surface area contributed by atoms with Crippen molar-refractivity contribution in [2.75, 3.05) is 13.1 Å². The van der Waals surface area contributed by atoms with Crippen LogP contribution in [0.4, 0.5) is 0 Å². The highest BCUT2D eigenvalue weighted by Crippen LogP contribution is 2.12. The van der Waals surface area contributed by atoms with Crippen molar-refractivity contribution in [3.63, 3.8) is 0 Å². The number of unbranched alkanes of at least 4 members (excludes halogenated alkanes) is 1. The van der Waals surface area contributed by atoms with Crippen molar-refractivity contribution in [1.29, 1.82) is 0 Å². The van der Waals surface area contributed by atoms with Gasteiger partial charge in [-0.1, -0.05) is 12.1 Å². The highest BCUT2D eigenvalue weighted by Gasteiger charge is 2.30. The molecule has 234 valence electrons. The summed E-state index contributed by atoms with van der Waals surface area (Å²) in [6.07, 6.45) is 0.821. The van der Waals surface area contributed by atoms with Gasteiger partial charge in [-0.05, 0) is 62.8 Å². The number of rotatable bonds is 20. The Balaban J connectivity index is 3.07. The Bertz CT molecular complexity index is 1080. The molecule has 16 heteroatoms. The number of aliphatic carboxylic acids is 2. The molecule has 0 aliphatic carbocycles. The van der Waals surface area contributed by atoms with E-state index in [1.54, 1.807) is 0 Å². The second kappa shape index (κ2) is 18.8. The van der Waals surface area contributed by atoms with Gasteiger partial charge >= 0.3 is 11.9 Å². The standard InChI is InChI=1S/C26H42N8O8/c27-12-2-1-4-18(24(40)34-20(25(41)42)14-15-6-8-16(35)9-7-15)33-23(39)19(5-3-13-31-26(29)30)32-22(38)17(28)10-11-21(36)37/h6-9,17-20,35H,1-5,10-14,27-28H2,(H,32,38)(H,33,39)(H,34,40)(H,36,37)(H,41,42)(H4,29,30,31)/t17-,18+,19-,20-/m0/s1. The number of guanidine groups is 1. The van der Waals surface area contributed by atoms with Crippen molar-refractivity contribution in [3.8, 4) is 5.75 Å². The fraction of sp³-hybridized carbons (Fsp3) is 0.538. The Morgan fingerprint density at radius 3 is 1.86 bits per heavy atom. The molecule has 0 aliphatic rings. The molecule has 1 rings (SSSR count). The first-order valence-electron chi connectivity index (χ1n) is 13.5. The maximum atomic E-state index is 13.3. The number of hydrogen-bond acceptors (Lipinski definition) is 9. The van der Waals surface area contributed by atoms with Gasteiger partial charge in [0.15, 0.2) is 5.96 Å². The first kappa shape index (κ1) is 35.6. The van der Waals surface area contributed by atoms with E-state index in [9.17, 15) is 34.2 Å². The number of nitrogens with one attached hydrogen (secondary N) is 3. The SMILES string of the molecule is NCCCC[C@@H](NC(=O)[C@H](CCCN=C(N)N)NC(=O)[C@@H](N)CCC(=O)O)C(=O)N[C@@H](Cc1ccc(O)cc1)C(=O)O. The Hall–Kier alpha value is -4.44. The smallest absolute Gasteiger partial charge is 0.326 e. The van der Waals surface area contributed by atoms with Crippen molar-refractivity contribution in [2.24, 2.45) is 27.9 Å². The van der Waals surface area contributed by atoms with Gasteiger partial charge in [0, 0.05) is 19.4 Å². The Morgan fingerprint density at radius 2 is 1.33 bits per heavy atom. The molecule has 0 bridgehead atoms. The third-order valence-corrected chi connectivity index (χ3v) is 6.15. The molecule has 1 aromatic carbocycles. The maximum Gasteiger partial charge on any atom is 0.326 e. The van der Waals surface area contributed by atoms with Crippen LogP contribution in [0.1, 0.15) is 50.5 Å². The summed E-state index contributed by atoms with van der Waals surface area (Å²) in [4.78, 5) is 65.7. The van der Waals surface area contributed by atoms with E-state index < -0.39 is 53.8 Å². The number of phenolic OH excluding ortho intramolecular Hbond substituents is 1. The van der Waals surface area contributed by atoms with E-state index in [-0.39, 0.29) is 56.8 Å². The number of hydrogen-bond donors (Lipinski definition) is 10. The predicted octanol–water partition coefficient (Wildman–Crippen LogP) is -2.15. The number of benzene rings is 1. The van der Waals surface area contributed by atoms with Crippen LogP contribution in [0.5, 0.6) is 5.75 Å². The number of aliphatic imine (C=N–C) groups is 1. The van der Waals surface area contributed by atoms with Gasteiger partial charge in [0.05, 0.1) is 6.04 Å². The van der Waals surface area contributed by atoms with Crippen LogP contribution in [0, 0.1) is 0 Å². The third kappa shape index (κ3) is 14.3. The Kier molecular flexibility index (Phi) is 15.9. The first-order chi connectivity index (χ1) is 19.8. The van der Waals surface area contributed by atoms with Crippen LogP contribution < -0.4 is 38.9 Å². The van der Waals surface area contributed by atoms with Gasteiger partial charge in [-0.3, -0.25) is 24.2 Å². The maximum absolute atomic E-state index is 13.3. The molecule has 0 heterocycles. The van der Waals surface area contributed by atoms with Gasteiger partial charge in [-0.25, -0.2) is 4.79 Å².